The van der Waals surface area contributed by atoms with Crippen molar-refractivity contribution in [1.29, 1.82) is 0 Å². The molecule has 0 aromatic heterocycles. The molecule has 0 amide bonds. The maximum absolute atomic E-state index is 12.0. The fraction of sp³-hybridized carbons (Fsp3) is 0.412. The molecule has 2 unspecified atom stereocenters. The molecule has 1 aliphatic heterocycles. The summed E-state index contributed by atoms with van der Waals surface area (Å²) in [7, 11) is 0. The molecule has 21 heavy (non-hydrogen) atoms. The smallest absolute Gasteiger partial charge is 0.319 e. The van der Waals surface area contributed by atoms with Gasteiger partial charge in [-0.05, 0) is 31.4 Å². The van der Waals surface area contributed by atoms with Crippen molar-refractivity contribution in [3.8, 4) is 0 Å². The van der Waals surface area contributed by atoms with Crippen LogP contribution < -0.4 is 0 Å². The normalized spacial score (nSPS) is 19.5. The molecule has 0 N–H and O–H groups in total. The lowest BCUT2D eigenvalue weighted by molar-refractivity contribution is -0.156. The zero-order valence-corrected chi connectivity index (χ0v) is 12.4. The van der Waals surface area contributed by atoms with Gasteiger partial charge in [-0.1, -0.05) is 36.4 Å². The maximum atomic E-state index is 12.0. The van der Waals surface area contributed by atoms with Crippen molar-refractivity contribution in [2.24, 2.45) is 5.92 Å². The number of hydrogen-bond acceptors (Lipinski definition) is 4. The maximum Gasteiger partial charge on any atom is 0.319 e. The van der Waals surface area contributed by atoms with Gasteiger partial charge in [-0.15, -0.1) is 0 Å². The Balaban J connectivity index is 2.25. The molecular weight excluding hydrogens is 268 g/mol. The van der Waals surface area contributed by atoms with Gasteiger partial charge in [0.1, 0.15) is 11.7 Å². The van der Waals surface area contributed by atoms with Gasteiger partial charge in [0.25, 0.3) is 0 Å². The summed E-state index contributed by atoms with van der Waals surface area (Å²) in [6.07, 6.45) is 2.10. The Kier molecular flexibility index (Phi) is 5.28. The second kappa shape index (κ2) is 7.18. The van der Waals surface area contributed by atoms with Gasteiger partial charge in [0, 0.05) is 0 Å². The van der Waals surface area contributed by atoms with Crippen LogP contribution in [-0.4, -0.2) is 31.1 Å². The van der Waals surface area contributed by atoms with E-state index in [1.165, 1.54) is 6.92 Å². The number of ether oxygens (including phenoxy) is 2. The molecule has 1 aromatic carbocycles. The van der Waals surface area contributed by atoms with E-state index < -0.39 is 18.0 Å². The van der Waals surface area contributed by atoms with E-state index in [2.05, 4.69) is 0 Å². The first-order valence-corrected chi connectivity index (χ1v) is 7.18. The summed E-state index contributed by atoms with van der Waals surface area (Å²) >= 11 is 0. The summed E-state index contributed by atoms with van der Waals surface area (Å²) in [5, 5.41) is 0. The van der Waals surface area contributed by atoms with Gasteiger partial charge < -0.3 is 9.47 Å². The van der Waals surface area contributed by atoms with E-state index in [1.807, 2.05) is 36.4 Å². The van der Waals surface area contributed by atoms with Gasteiger partial charge in [0.2, 0.25) is 0 Å². The molecule has 2 rings (SSSR count). The van der Waals surface area contributed by atoms with Crippen LogP contribution in [0.1, 0.15) is 25.8 Å². The summed E-state index contributed by atoms with van der Waals surface area (Å²) in [4.78, 5) is 23.8. The van der Waals surface area contributed by atoms with Crippen LogP contribution in [0.5, 0.6) is 0 Å². The van der Waals surface area contributed by atoms with Crippen molar-refractivity contribution in [2.75, 3.05) is 13.2 Å². The summed E-state index contributed by atoms with van der Waals surface area (Å²) in [5.41, 5.74) is 2.19. The van der Waals surface area contributed by atoms with Crippen LogP contribution in [0.2, 0.25) is 0 Å². The number of hydrogen-bond donors (Lipinski definition) is 0. The molecule has 112 valence electrons. The molecule has 0 radical (unpaired) electrons. The lowest BCUT2D eigenvalue weighted by Gasteiger charge is -2.26. The van der Waals surface area contributed by atoms with Crippen molar-refractivity contribution in [1.82, 2.24) is 0 Å². The molecule has 4 nitrogen and oxygen atoms in total. The molecule has 2 atom stereocenters. The molecule has 1 aliphatic rings. The number of carbonyl (C=O) groups is 2. The largest absolute Gasteiger partial charge is 0.465 e. The third-order valence-electron chi connectivity index (χ3n) is 3.50. The summed E-state index contributed by atoms with van der Waals surface area (Å²) in [6.45, 7) is 3.87. The highest BCUT2D eigenvalue weighted by Crippen LogP contribution is 2.27. The van der Waals surface area contributed by atoms with Crippen LogP contribution in [0.3, 0.4) is 0 Å². The summed E-state index contributed by atoms with van der Waals surface area (Å²) in [6, 6.07) is 9.92. The van der Waals surface area contributed by atoms with Crippen LogP contribution in [0, 0.1) is 5.92 Å². The van der Waals surface area contributed by atoms with E-state index in [-0.39, 0.29) is 12.4 Å². The minimum Gasteiger partial charge on any atom is -0.465 e. The van der Waals surface area contributed by atoms with E-state index in [4.69, 9.17) is 9.47 Å². The molecular formula is C17H20O4. The third-order valence-corrected chi connectivity index (χ3v) is 3.50. The second-order valence-corrected chi connectivity index (χ2v) is 4.98. The fourth-order valence-electron chi connectivity index (χ4n) is 2.48. The highest BCUT2D eigenvalue weighted by Gasteiger charge is 2.35. The van der Waals surface area contributed by atoms with Crippen LogP contribution in [0.25, 0.3) is 5.57 Å². The average molecular weight is 288 g/mol. The first-order valence-electron chi connectivity index (χ1n) is 7.18. The Bertz CT molecular complexity index is 533. The lowest BCUT2D eigenvalue weighted by Crippen LogP contribution is -2.37. The van der Waals surface area contributed by atoms with E-state index in [1.54, 1.807) is 6.92 Å². The zero-order valence-electron chi connectivity index (χ0n) is 12.4. The second-order valence-electron chi connectivity index (χ2n) is 4.98. The molecule has 1 heterocycles. The molecule has 1 aromatic rings. The van der Waals surface area contributed by atoms with Crippen LogP contribution in [-0.2, 0) is 19.1 Å². The highest BCUT2D eigenvalue weighted by atomic mass is 16.5. The SMILES string of the molecule is CCOC(=O)C(C(C)=O)C1C=C(c2ccccc2)CCO1. The van der Waals surface area contributed by atoms with E-state index in [0.29, 0.717) is 6.61 Å². The number of benzene rings is 1. The predicted molar refractivity (Wildman–Crippen MR) is 79.6 cm³/mol. The molecule has 0 fully saturated rings. The first kappa shape index (κ1) is 15.4. The summed E-state index contributed by atoms with van der Waals surface area (Å²) in [5.74, 6) is -1.63. The Morgan fingerprint density at radius 2 is 2.05 bits per heavy atom. The Morgan fingerprint density at radius 1 is 1.33 bits per heavy atom. The standard InChI is InChI=1S/C17H20O4/c1-3-20-17(19)16(12(2)18)15-11-14(9-10-21-15)13-7-5-4-6-8-13/h4-8,11,15-16H,3,9-10H2,1-2H3. The van der Waals surface area contributed by atoms with E-state index in [0.717, 1.165) is 17.6 Å². The first-order chi connectivity index (χ1) is 10.1. The van der Waals surface area contributed by atoms with Gasteiger partial charge in [-0.25, -0.2) is 0 Å². The predicted octanol–water partition coefficient (Wildman–Crippen LogP) is 2.63. The van der Waals surface area contributed by atoms with Crippen LogP contribution in [0.4, 0.5) is 0 Å². The molecule has 0 saturated heterocycles. The number of carbonyl (C=O) groups excluding carboxylic acids is 2. The third kappa shape index (κ3) is 3.79. The molecule has 0 aliphatic carbocycles. The minimum atomic E-state index is -0.885. The van der Waals surface area contributed by atoms with Crippen LogP contribution in [0.15, 0.2) is 36.4 Å². The monoisotopic (exact) mass is 288 g/mol. The van der Waals surface area contributed by atoms with Crippen LogP contribution >= 0.6 is 0 Å². The van der Waals surface area contributed by atoms with Gasteiger partial charge in [-0.2, -0.15) is 0 Å². The Labute approximate surface area is 124 Å². The molecule has 0 bridgehead atoms. The average Bonchev–Trinajstić information content (AvgIpc) is 2.48. The van der Waals surface area contributed by atoms with Gasteiger partial charge >= 0.3 is 5.97 Å². The number of ketones is 1. The Hall–Kier alpha value is -1.94. The molecule has 4 heteroatoms. The lowest BCUT2D eigenvalue weighted by atomic mass is 9.91. The summed E-state index contributed by atoms with van der Waals surface area (Å²) < 4.78 is 10.6. The number of esters is 1. The zero-order chi connectivity index (χ0) is 15.2. The van der Waals surface area contributed by atoms with Crippen molar-refractivity contribution in [3.63, 3.8) is 0 Å². The van der Waals surface area contributed by atoms with Crippen molar-refractivity contribution >= 4 is 17.3 Å². The Morgan fingerprint density at radius 3 is 2.67 bits per heavy atom. The van der Waals surface area contributed by atoms with Crippen molar-refractivity contribution in [3.05, 3.63) is 42.0 Å². The van der Waals surface area contributed by atoms with Crippen molar-refractivity contribution < 1.29 is 19.1 Å². The minimum absolute atomic E-state index is 0.232. The topological polar surface area (TPSA) is 52.6 Å². The molecule has 0 saturated carbocycles. The number of rotatable bonds is 5. The van der Waals surface area contributed by atoms with E-state index >= 15 is 0 Å². The van der Waals surface area contributed by atoms with Crippen molar-refractivity contribution in [2.45, 2.75) is 26.4 Å². The van der Waals surface area contributed by atoms with Gasteiger partial charge in [0.15, 0.2) is 0 Å². The van der Waals surface area contributed by atoms with E-state index in [9.17, 15) is 9.59 Å². The van der Waals surface area contributed by atoms with Gasteiger partial charge in [-0.3, -0.25) is 9.59 Å². The fourth-order valence-corrected chi connectivity index (χ4v) is 2.48. The molecule has 0 spiro atoms. The van der Waals surface area contributed by atoms with Gasteiger partial charge in [0.05, 0.1) is 19.3 Å². The quantitative estimate of drug-likeness (QED) is 0.617. The number of Topliss-reactive ketones (excluding diaryl/α,β-unsaturated/α-hetero) is 1. The highest BCUT2D eigenvalue weighted by molar-refractivity contribution is 5.99.